The van der Waals surface area contributed by atoms with E-state index in [-0.39, 0.29) is 6.42 Å². The fraction of sp³-hybridized carbons (Fsp3) is 0.188. The second-order valence-electron chi connectivity index (χ2n) is 4.54. The van der Waals surface area contributed by atoms with Crippen molar-refractivity contribution in [1.29, 1.82) is 0 Å². The number of rotatable bonds is 5. The van der Waals surface area contributed by atoms with Gasteiger partial charge in [0, 0.05) is 6.42 Å². The lowest BCUT2D eigenvalue weighted by atomic mass is 10.1. The number of aliphatic hydroxyl groups excluding tert-OH is 1. The number of halogens is 1. The van der Waals surface area contributed by atoms with E-state index in [9.17, 15) is 14.3 Å². The largest absolute Gasteiger partial charge is 0.373 e. The van der Waals surface area contributed by atoms with E-state index in [1.165, 1.54) is 6.07 Å². The number of carbonyl (C=O) groups is 1. The van der Waals surface area contributed by atoms with E-state index >= 15 is 0 Å². The van der Waals surface area contributed by atoms with E-state index in [1.807, 2.05) is 30.3 Å². The zero-order valence-electron chi connectivity index (χ0n) is 10.9. The molecule has 0 spiro atoms. The second kappa shape index (κ2) is 6.82. The number of carbonyl (C=O) groups excluding carboxylic acids is 1. The molecule has 2 N–H and O–H groups in total. The highest BCUT2D eigenvalue weighted by Crippen LogP contribution is 2.07. The molecule has 0 saturated heterocycles. The van der Waals surface area contributed by atoms with Crippen LogP contribution in [0, 0.1) is 5.82 Å². The van der Waals surface area contributed by atoms with Crippen molar-refractivity contribution >= 4 is 5.91 Å². The van der Waals surface area contributed by atoms with Crippen molar-refractivity contribution in [2.75, 3.05) is 0 Å². The van der Waals surface area contributed by atoms with Crippen molar-refractivity contribution in [1.82, 2.24) is 5.32 Å². The summed E-state index contributed by atoms with van der Waals surface area (Å²) < 4.78 is 13.4. The van der Waals surface area contributed by atoms with Gasteiger partial charge in [-0.15, -0.1) is 0 Å². The predicted octanol–water partition coefficient (Wildman–Crippen LogP) is 2.05. The summed E-state index contributed by atoms with van der Waals surface area (Å²) in [5.41, 5.74) is 1.24. The van der Waals surface area contributed by atoms with Gasteiger partial charge >= 0.3 is 0 Å². The van der Waals surface area contributed by atoms with Gasteiger partial charge in [0.15, 0.2) is 0 Å². The van der Waals surface area contributed by atoms with Crippen molar-refractivity contribution in [3.63, 3.8) is 0 Å². The molecule has 2 rings (SSSR count). The molecule has 2 aromatic carbocycles. The first-order chi connectivity index (χ1) is 9.65. The second-order valence-corrected chi connectivity index (χ2v) is 4.54. The minimum Gasteiger partial charge on any atom is -0.373 e. The molecule has 20 heavy (non-hydrogen) atoms. The molecule has 1 amide bonds. The monoisotopic (exact) mass is 273 g/mol. The topological polar surface area (TPSA) is 49.3 Å². The highest BCUT2D eigenvalue weighted by molar-refractivity contribution is 5.78. The summed E-state index contributed by atoms with van der Waals surface area (Å²) in [5.74, 6) is -0.821. The van der Waals surface area contributed by atoms with Crippen LogP contribution in [0.2, 0.25) is 0 Å². The third-order valence-corrected chi connectivity index (χ3v) is 2.91. The van der Waals surface area contributed by atoms with Crippen LogP contribution in [0.25, 0.3) is 0 Å². The molecule has 0 aliphatic heterocycles. The van der Waals surface area contributed by atoms with Crippen LogP contribution < -0.4 is 5.32 Å². The zero-order valence-corrected chi connectivity index (χ0v) is 10.9. The average Bonchev–Trinajstić information content (AvgIpc) is 2.42. The standard InChI is InChI=1S/C16H16FNO2/c17-14-9-5-4-8-13(14)11-16(20)18-15(19)10-12-6-2-1-3-7-12/h1-9,15,19H,10-11H2,(H,18,20). The van der Waals surface area contributed by atoms with Gasteiger partial charge in [0.1, 0.15) is 12.0 Å². The van der Waals surface area contributed by atoms with Crippen molar-refractivity contribution in [3.05, 3.63) is 71.5 Å². The minimum absolute atomic E-state index is 0.0848. The fourth-order valence-corrected chi connectivity index (χ4v) is 1.94. The quantitative estimate of drug-likeness (QED) is 0.819. The maximum atomic E-state index is 13.4. The Kier molecular flexibility index (Phi) is 4.85. The van der Waals surface area contributed by atoms with Gasteiger partial charge in [-0.25, -0.2) is 4.39 Å². The molecule has 0 radical (unpaired) electrons. The first kappa shape index (κ1) is 14.2. The Morgan fingerprint density at radius 1 is 1.10 bits per heavy atom. The molecule has 0 saturated carbocycles. The van der Waals surface area contributed by atoms with Gasteiger partial charge in [0.2, 0.25) is 5.91 Å². The smallest absolute Gasteiger partial charge is 0.226 e. The summed E-state index contributed by atoms with van der Waals surface area (Å²) in [6.07, 6.45) is -0.737. The van der Waals surface area contributed by atoms with Gasteiger partial charge in [-0.2, -0.15) is 0 Å². The summed E-state index contributed by atoms with van der Waals surface area (Å²) >= 11 is 0. The highest BCUT2D eigenvalue weighted by atomic mass is 19.1. The molecule has 2 aromatic rings. The van der Waals surface area contributed by atoms with E-state index in [2.05, 4.69) is 5.32 Å². The maximum Gasteiger partial charge on any atom is 0.226 e. The van der Waals surface area contributed by atoms with Crippen LogP contribution >= 0.6 is 0 Å². The number of hydrogen-bond donors (Lipinski definition) is 2. The van der Waals surface area contributed by atoms with E-state index in [4.69, 9.17) is 0 Å². The molecule has 0 aliphatic rings. The van der Waals surface area contributed by atoms with Gasteiger partial charge in [-0.3, -0.25) is 4.79 Å². The minimum atomic E-state index is -0.975. The van der Waals surface area contributed by atoms with Crippen molar-refractivity contribution in [2.45, 2.75) is 19.1 Å². The predicted molar refractivity (Wildman–Crippen MR) is 74.4 cm³/mol. The van der Waals surface area contributed by atoms with Crippen LogP contribution in [0.5, 0.6) is 0 Å². The molecule has 1 atom stereocenters. The lowest BCUT2D eigenvalue weighted by molar-refractivity contribution is -0.123. The molecule has 3 nitrogen and oxygen atoms in total. The molecular weight excluding hydrogens is 257 g/mol. The Balaban J connectivity index is 1.87. The third kappa shape index (κ3) is 4.17. The van der Waals surface area contributed by atoms with Gasteiger partial charge in [0.05, 0.1) is 6.42 Å². The van der Waals surface area contributed by atoms with Gasteiger partial charge in [0.25, 0.3) is 0 Å². The molecule has 104 valence electrons. The SMILES string of the molecule is O=C(Cc1ccccc1F)NC(O)Cc1ccccc1. The Bertz CT molecular complexity index is 572. The Hall–Kier alpha value is -2.20. The summed E-state index contributed by atoms with van der Waals surface area (Å²) in [5, 5.41) is 12.2. The number of benzene rings is 2. The van der Waals surface area contributed by atoms with Crippen molar-refractivity contribution in [3.8, 4) is 0 Å². The third-order valence-electron chi connectivity index (χ3n) is 2.91. The van der Waals surface area contributed by atoms with Crippen molar-refractivity contribution in [2.24, 2.45) is 0 Å². The van der Waals surface area contributed by atoms with E-state index in [0.717, 1.165) is 5.56 Å². The maximum absolute atomic E-state index is 13.4. The molecule has 0 bridgehead atoms. The van der Waals surface area contributed by atoms with E-state index in [0.29, 0.717) is 12.0 Å². The van der Waals surface area contributed by atoms with Gasteiger partial charge in [-0.05, 0) is 17.2 Å². The van der Waals surface area contributed by atoms with Crippen LogP contribution in [0.3, 0.4) is 0 Å². The first-order valence-corrected chi connectivity index (χ1v) is 6.40. The lowest BCUT2D eigenvalue weighted by Gasteiger charge is -2.13. The first-order valence-electron chi connectivity index (χ1n) is 6.40. The van der Waals surface area contributed by atoms with Crippen LogP contribution in [0.1, 0.15) is 11.1 Å². The highest BCUT2D eigenvalue weighted by Gasteiger charge is 2.12. The molecule has 4 heteroatoms. The Morgan fingerprint density at radius 3 is 2.45 bits per heavy atom. The van der Waals surface area contributed by atoms with Gasteiger partial charge < -0.3 is 10.4 Å². The normalized spacial score (nSPS) is 11.9. The number of aliphatic hydroxyl groups is 1. The number of nitrogens with one attached hydrogen (secondary N) is 1. The van der Waals surface area contributed by atoms with E-state index in [1.54, 1.807) is 18.2 Å². The molecule has 0 aromatic heterocycles. The number of amides is 1. The molecular formula is C16H16FNO2. The lowest BCUT2D eigenvalue weighted by Crippen LogP contribution is -2.37. The molecule has 0 heterocycles. The fourth-order valence-electron chi connectivity index (χ4n) is 1.94. The van der Waals surface area contributed by atoms with Crippen LogP contribution in [0.4, 0.5) is 4.39 Å². The van der Waals surface area contributed by atoms with Crippen molar-refractivity contribution < 1.29 is 14.3 Å². The Morgan fingerprint density at radius 2 is 1.75 bits per heavy atom. The summed E-state index contributed by atoms with van der Waals surface area (Å²) in [7, 11) is 0. The zero-order chi connectivity index (χ0) is 14.4. The summed E-state index contributed by atoms with van der Waals surface area (Å²) in [6.45, 7) is 0. The summed E-state index contributed by atoms with van der Waals surface area (Å²) in [4.78, 5) is 11.7. The van der Waals surface area contributed by atoms with Crippen LogP contribution in [-0.4, -0.2) is 17.2 Å². The molecule has 1 unspecified atom stereocenters. The molecule has 0 fully saturated rings. The summed E-state index contributed by atoms with van der Waals surface area (Å²) in [6, 6.07) is 15.5. The van der Waals surface area contributed by atoms with Crippen LogP contribution in [0.15, 0.2) is 54.6 Å². The van der Waals surface area contributed by atoms with Crippen LogP contribution in [-0.2, 0) is 17.6 Å². The number of hydrogen-bond acceptors (Lipinski definition) is 2. The average molecular weight is 273 g/mol. The Labute approximate surface area is 117 Å². The molecule has 0 aliphatic carbocycles. The van der Waals surface area contributed by atoms with Gasteiger partial charge in [-0.1, -0.05) is 48.5 Å². The van der Waals surface area contributed by atoms with E-state index < -0.39 is 18.0 Å².